The van der Waals surface area contributed by atoms with Gasteiger partial charge in [0.2, 0.25) is 0 Å². The number of ether oxygens (including phenoxy) is 3. The first-order chi connectivity index (χ1) is 13.6. The van der Waals surface area contributed by atoms with Gasteiger partial charge in [0, 0.05) is 18.5 Å². The summed E-state index contributed by atoms with van der Waals surface area (Å²) in [4.78, 5) is 24.1. The number of aromatic nitrogens is 2. The van der Waals surface area contributed by atoms with E-state index in [1.807, 2.05) is 6.07 Å². The van der Waals surface area contributed by atoms with Gasteiger partial charge in [0.05, 0.1) is 25.0 Å². The van der Waals surface area contributed by atoms with E-state index in [-0.39, 0.29) is 17.7 Å². The summed E-state index contributed by atoms with van der Waals surface area (Å²) in [6, 6.07) is 8.77. The van der Waals surface area contributed by atoms with E-state index >= 15 is 0 Å². The monoisotopic (exact) mass is 387 g/mol. The van der Waals surface area contributed by atoms with Gasteiger partial charge in [-0.3, -0.25) is 4.79 Å². The summed E-state index contributed by atoms with van der Waals surface area (Å²) in [5.74, 6) is -0.703. The lowest BCUT2D eigenvalue weighted by Gasteiger charge is -2.16. The molecule has 1 saturated heterocycles. The SMILES string of the molecule is CCOC(=O)c1ccn(-c2cccc(NC(=O)C(C)OCC3CCCO3)c2)n1. The maximum absolute atomic E-state index is 12.4. The van der Waals surface area contributed by atoms with Gasteiger partial charge >= 0.3 is 5.97 Å². The average molecular weight is 387 g/mol. The molecule has 1 aliphatic heterocycles. The van der Waals surface area contributed by atoms with Crippen molar-refractivity contribution in [3.63, 3.8) is 0 Å². The third kappa shape index (κ3) is 5.17. The molecule has 150 valence electrons. The first-order valence-corrected chi connectivity index (χ1v) is 9.44. The van der Waals surface area contributed by atoms with Crippen LogP contribution >= 0.6 is 0 Å². The Morgan fingerprint density at radius 3 is 3.00 bits per heavy atom. The van der Waals surface area contributed by atoms with Crippen molar-refractivity contribution in [2.45, 2.75) is 38.9 Å². The van der Waals surface area contributed by atoms with E-state index in [4.69, 9.17) is 14.2 Å². The molecule has 28 heavy (non-hydrogen) atoms. The minimum absolute atomic E-state index is 0.0759. The fraction of sp³-hybridized carbons (Fsp3) is 0.450. The number of hydrogen-bond donors (Lipinski definition) is 1. The van der Waals surface area contributed by atoms with Gasteiger partial charge in [0.1, 0.15) is 6.10 Å². The van der Waals surface area contributed by atoms with Gasteiger partial charge in [0.25, 0.3) is 5.91 Å². The molecule has 2 unspecified atom stereocenters. The fourth-order valence-electron chi connectivity index (χ4n) is 2.85. The molecule has 1 fully saturated rings. The van der Waals surface area contributed by atoms with Crippen molar-refractivity contribution in [1.82, 2.24) is 9.78 Å². The van der Waals surface area contributed by atoms with E-state index in [0.29, 0.717) is 24.6 Å². The molecule has 8 nitrogen and oxygen atoms in total. The molecule has 0 spiro atoms. The van der Waals surface area contributed by atoms with Gasteiger partial charge in [-0.1, -0.05) is 6.07 Å². The van der Waals surface area contributed by atoms with Crippen LogP contribution < -0.4 is 5.32 Å². The van der Waals surface area contributed by atoms with Gasteiger partial charge in [-0.25, -0.2) is 9.48 Å². The Morgan fingerprint density at radius 2 is 2.25 bits per heavy atom. The molecule has 1 aliphatic rings. The van der Waals surface area contributed by atoms with E-state index in [9.17, 15) is 9.59 Å². The number of carbonyl (C=O) groups is 2. The highest BCUT2D eigenvalue weighted by atomic mass is 16.5. The predicted molar refractivity (Wildman–Crippen MR) is 103 cm³/mol. The molecule has 1 aromatic heterocycles. The summed E-state index contributed by atoms with van der Waals surface area (Å²) in [6.07, 6.45) is 3.15. The number of rotatable bonds is 8. The number of esters is 1. The van der Waals surface area contributed by atoms with Crippen LogP contribution in [0.15, 0.2) is 36.5 Å². The number of nitrogens with one attached hydrogen (secondary N) is 1. The summed E-state index contributed by atoms with van der Waals surface area (Å²) in [7, 11) is 0. The molecule has 1 amide bonds. The van der Waals surface area contributed by atoms with Crippen molar-refractivity contribution in [2.24, 2.45) is 0 Å². The van der Waals surface area contributed by atoms with Gasteiger partial charge < -0.3 is 19.5 Å². The van der Waals surface area contributed by atoms with Gasteiger partial charge in [-0.2, -0.15) is 5.10 Å². The number of carbonyl (C=O) groups excluding carboxylic acids is 2. The molecule has 0 radical (unpaired) electrons. The van der Waals surface area contributed by atoms with Crippen LogP contribution in [-0.4, -0.2) is 53.7 Å². The first kappa shape index (κ1) is 20.0. The zero-order chi connectivity index (χ0) is 19.9. The Morgan fingerprint density at radius 1 is 1.39 bits per heavy atom. The average Bonchev–Trinajstić information content (AvgIpc) is 3.38. The van der Waals surface area contributed by atoms with Crippen LogP contribution in [0, 0.1) is 0 Å². The van der Waals surface area contributed by atoms with Crippen molar-refractivity contribution in [2.75, 3.05) is 25.1 Å². The van der Waals surface area contributed by atoms with Crippen LogP contribution in [0.1, 0.15) is 37.2 Å². The number of nitrogens with zero attached hydrogens (tertiary/aromatic N) is 2. The van der Waals surface area contributed by atoms with Crippen molar-refractivity contribution in [1.29, 1.82) is 0 Å². The zero-order valence-corrected chi connectivity index (χ0v) is 16.1. The lowest BCUT2D eigenvalue weighted by molar-refractivity contribution is -0.128. The summed E-state index contributed by atoms with van der Waals surface area (Å²) in [6.45, 7) is 4.92. The Hall–Kier alpha value is -2.71. The van der Waals surface area contributed by atoms with Crippen LogP contribution in [0.4, 0.5) is 5.69 Å². The summed E-state index contributed by atoms with van der Waals surface area (Å²) < 4.78 is 17.6. The maximum atomic E-state index is 12.4. The standard InChI is InChI=1S/C20H25N3O5/c1-3-26-20(25)18-9-10-23(22-18)16-7-4-6-15(12-16)21-19(24)14(2)28-13-17-8-5-11-27-17/h4,6-7,9-10,12,14,17H,3,5,8,11,13H2,1-2H3,(H,21,24). The Bertz CT molecular complexity index is 814. The molecule has 3 rings (SSSR count). The third-order valence-corrected chi connectivity index (χ3v) is 4.38. The topological polar surface area (TPSA) is 91.7 Å². The Balaban J connectivity index is 1.59. The fourth-order valence-corrected chi connectivity index (χ4v) is 2.85. The quantitative estimate of drug-likeness (QED) is 0.700. The number of amides is 1. The predicted octanol–water partition coefficient (Wildman–Crippen LogP) is 2.57. The number of anilines is 1. The maximum Gasteiger partial charge on any atom is 0.358 e. The molecular formula is C20H25N3O5. The van der Waals surface area contributed by atoms with E-state index < -0.39 is 12.1 Å². The highest BCUT2D eigenvalue weighted by molar-refractivity contribution is 5.94. The van der Waals surface area contributed by atoms with E-state index in [1.165, 1.54) is 0 Å². The molecule has 1 N–H and O–H groups in total. The van der Waals surface area contributed by atoms with Gasteiger partial charge in [0.15, 0.2) is 5.69 Å². The third-order valence-electron chi connectivity index (χ3n) is 4.38. The molecule has 8 heteroatoms. The van der Waals surface area contributed by atoms with Crippen molar-refractivity contribution < 1.29 is 23.8 Å². The normalized spacial score (nSPS) is 17.3. The highest BCUT2D eigenvalue weighted by Crippen LogP contribution is 2.16. The largest absolute Gasteiger partial charge is 0.461 e. The van der Waals surface area contributed by atoms with Crippen LogP contribution in [0.25, 0.3) is 5.69 Å². The second-order valence-corrected chi connectivity index (χ2v) is 6.52. The lowest BCUT2D eigenvalue weighted by Crippen LogP contribution is -2.30. The Kier molecular flexibility index (Phi) is 6.78. The van der Waals surface area contributed by atoms with Gasteiger partial charge in [-0.15, -0.1) is 0 Å². The summed E-state index contributed by atoms with van der Waals surface area (Å²) in [5.41, 5.74) is 1.55. The minimum atomic E-state index is -0.590. The molecule has 1 aromatic carbocycles. The van der Waals surface area contributed by atoms with Crippen LogP contribution in [-0.2, 0) is 19.0 Å². The molecule has 2 atom stereocenters. The van der Waals surface area contributed by atoms with E-state index in [0.717, 1.165) is 19.4 Å². The molecule has 0 aliphatic carbocycles. The zero-order valence-electron chi connectivity index (χ0n) is 16.1. The van der Waals surface area contributed by atoms with Gasteiger partial charge in [-0.05, 0) is 51.0 Å². The summed E-state index contributed by atoms with van der Waals surface area (Å²) >= 11 is 0. The second kappa shape index (κ2) is 9.48. The number of benzene rings is 1. The first-order valence-electron chi connectivity index (χ1n) is 9.44. The molecule has 2 aromatic rings. The molecular weight excluding hydrogens is 362 g/mol. The molecule has 2 heterocycles. The van der Waals surface area contributed by atoms with Crippen LogP contribution in [0.3, 0.4) is 0 Å². The van der Waals surface area contributed by atoms with E-state index in [2.05, 4.69) is 10.4 Å². The molecule has 0 saturated carbocycles. The van der Waals surface area contributed by atoms with Crippen molar-refractivity contribution >= 4 is 17.6 Å². The minimum Gasteiger partial charge on any atom is -0.461 e. The Labute approximate surface area is 163 Å². The van der Waals surface area contributed by atoms with Crippen molar-refractivity contribution in [3.8, 4) is 5.69 Å². The van der Waals surface area contributed by atoms with E-state index in [1.54, 1.807) is 49.0 Å². The number of hydrogen-bond acceptors (Lipinski definition) is 6. The van der Waals surface area contributed by atoms with Crippen LogP contribution in [0.5, 0.6) is 0 Å². The second-order valence-electron chi connectivity index (χ2n) is 6.52. The highest BCUT2D eigenvalue weighted by Gasteiger charge is 2.20. The van der Waals surface area contributed by atoms with Crippen molar-refractivity contribution in [3.05, 3.63) is 42.2 Å². The smallest absolute Gasteiger partial charge is 0.358 e. The molecule has 0 bridgehead atoms. The van der Waals surface area contributed by atoms with Crippen LogP contribution in [0.2, 0.25) is 0 Å². The lowest BCUT2D eigenvalue weighted by atomic mass is 10.2. The summed E-state index contributed by atoms with van der Waals surface area (Å²) in [5, 5.41) is 7.06.